The van der Waals surface area contributed by atoms with Crippen LogP contribution in [0, 0.1) is 11.8 Å². The molecule has 0 bridgehead atoms. The summed E-state index contributed by atoms with van der Waals surface area (Å²) in [4.78, 5) is 0. The van der Waals surface area contributed by atoms with Gasteiger partial charge in [-0.1, -0.05) is 13.8 Å². The number of aliphatic hydroxyl groups is 1. The third kappa shape index (κ3) is 4.42. The average molecular weight is 285 g/mol. The molecule has 2 aliphatic heterocycles. The first-order valence-corrected chi connectivity index (χ1v) is 8.20. The van der Waals surface area contributed by atoms with Gasteiger partial charge in [-0.25, -0.2) is 0 Å². The Labute approximate surface area is 123 Å². The molecule has 0 aromatic carbocycles. The van der Waals surface area contributed by atoms with Gasteiger partial charge in [0, 0.05) is 32.0 Å². The highest BCUT2D eigenvalue weighted by molar-refractivity contribution is 4.91. The summed E-state index contributed by atoms with van der Waals surface area (Å²) < 4.78 is 11.3. The van der Waals surface area contributed by atoms with Crippen LogP contribution in [0.4, 0.5) is 0 Å². The summed E-state index contributed by atoms with van der Waals surface area (Å²) in [5.74, 6) is 1.31. The molecule has 0 saturated carbocycles. The minimum absolute atomic E-state index is 0.0959. The fourth-order valence-electron chi connectivity index (χ4n) is 3.40. The quantitative estimate of drug-likeness (QED) is 0.783. The van der Waals surface area contributed by atoms with E-state index < -0.39 is 0 Å². The van der Waals surface area contributed by atoms with E-state index in [1.807, 2.05) is 0 Å². The maximum Gasteiger partial charge on any atom is 0.0601 e. The van der Waals surface area contributed by atoms with Gasteiger partial charge >= 0.3 is 0 Å². The SMILES string of the molecule is CC(C)[C@H]1C[C@H](CNC2(CCO)CCOCC2)CCO1. The molecule has 4 heteroatoms. The third-order valence-electron chi connectivity index (χ3n) is 4.97. The molecule has 2 atom stereocenters. The summed E-state index contributed by atoms with van der Waals surface area (Å²) in [6, 6.07) is 0. The molecular weight excluding hydrogens is 254 g/mol. The number of rotatable bonds is 6. The maximum absolute atomic E-state index is 9.33. The molecule has 0 aromatic rings. The number of hydrogen-bond acceptors (Lipinski definition) is 4. The van der Waals surface area contributed by atoms with Gasteiger partial charge in [0.25, 0.3) is 0 Å². The topological polar surface area (TPSA) is 50.7 Å². The van der Waals surface area contributed by atoms with Crippen molar-refractivity contribution in [2.75, 3.05) is 33.0 Å². The van der Waals surface area contributed by atoms with Crippen molar-refractivity contribution in [1.29, 1.82) is 0 Å². The van der Waals surface area contributed by atoms with E-state index in [2.05, 4.69) is 19.2 Å². The summed E-state index contributed by atoms with van der Waals surface area (Å²) >= 11 is 0. The molecule has 0 radical (unpaired) electrons. The highest BCUT2D eigenvalue weighted by atomic mass is 16.5. The largest absolute Gasteiger partial charge is 0.396 e. The van der Waals surface area contributed by atoms with E-state index in [-0.39, 0.29) is 12.1 Å². The van der Waals surface area contributed by atoms with Crippen molar-refractivity contribution < 1.29 is 14.6 Å². The van der Waals surface area contributed by atoms with Crippen LogP contribution in [0.1, 0.15) is 46.0 Å². The van der Waals surface area contributed by atoms with E-state index in [1.165, 1.54) is 0 Å². The van der Waals surface area contributed by atoms with Crippen molar-refractivity contribution in [2.45, 2.75) is 57.6 Å². The fourth-order valence-corrected chi connectivity index (χ4v) is 3.40. The van der Waals surface area contributed by atoms with Gasteiger partial charge in [-0.15, -0.1) is 0 Å². The van der Waals surface area contributed by atoms with Crippen molar-refractivity contribution in [3.8, 4) is 0 Å². The molecule has 2 aliphatic rings. The van der Waals surface area contributed by atoms with Crippen LogP contribution in [0.3, 0.4) is 0 Å². The lowest BCUT2D eigenvalue weighted by Crippen LogP contribution is -2.52. The van der Waals surface area contributed by atoms with E-state index in [9.17, 15) is 5.11 Å². The monoisotopic (exact) mass is 285 g/mol. The molecule has 2 rings (SSSR count). The zero-order valence-corrected chi connectivity index (χ0v) is 13.1. The van der Waals surface area contributed by atoms with Crippen molar-refractivity contribution in [3.63, 3.8) is 0 Å². The molecule has 2 fully saturated rings. The molecule has 0 spiro atoms. The fraction of sp³-hybridized carbons (Fsp3) is 1.00. The van der Waals surface area contributed by atoms with Gasteiger partial charge in [-0.05, 0) is 50.5 Å². The molecule has 0 aromatic heterocycles. The molecule has 0 unspecified atom stereocenters. The Hall–Kier alpha value is -0.160. The van der Waals surface area contributed by atoms with Crippen LogP contribution in [0.25, 0.3) is 0 Å². The Kier molecular flexibility index (Phi) is 6.27. The van der Waals surface area contributed by atoms with E-state index in [4.69, 9.17) is 9.47 Å². The predicted octanol–water partition coefficient (Wildman–Crippen LogP) is 1.96. The zero-order valence-electron chi connectivity index (χ0n) is 13.1. The lowest BCUT2D eigenvalue weighted by molar-refractivity contribution is -0.0375. The first kappa shape index (κ1) is 16.2. The Bertz CT molecular complexity index is 271. The molecule has 2 N–H and O–H groups in total. The minimum atomic E-state index is 0.0959. The summed E-state index contributed by atoms with van der Waals surface area (Å²) in [5, 5.41) is 13.1. The van der Waals surface area contributed by atoms with Gasteiger partial charge in [-0.3, -0.25) is 0 Å². The molecule has 0 aliphatic carbocycles. The number of ether oxygens (including phenoxy) is 2. The van der Waals surface area contributed by atoms with Crippen LogP contribution in [-0.4, -0.2) is 49.7 Å². The summed E-state index contributed by atoms with van der Waals surface area (Å²) in [6.07, 6.45) is 5.61. The van der Waals surface area contributed by atoms with Crippen LogP contribution in [0.15, 0.2) is 0 Å². The van der Waals surface area contributed by atoms with Crippen molar-refractivity contribution in [3.05, 3.63) is 0 Å². The van der Waals surface area contributed by atoms with Gasteiger partial charge in [0.1, 0.15) is 0 Å². The van der Waals surface area contributed by atoms with Crippen molar-refractivity contribution >= 4 is 0 Å². The Morgan fingerprint density at radius 1 is 1.25 bits per heavy atom. The third-order valence-corrected chi connectivity index (χ3v) is 4.97. The second-order valence-electron chi connectivity index (χ2n) is 6.79. The minimum Gasteiger partial charge on any atom is -0.396 e. The second-order valence-corrected chi connectivity index (χ2v) is 6.79. The Morgan fingerprint density at radius 3 is 2.65 bits per heavy atom. The second kappa shape index (κ2) is 7.74. The van der Waals surface area contributed by atoms with Gasteiger partial charge in [0.2, 0.25) is 0 Å². The van der Waals surface area contributed by atoms with Crippen molar-refractivity contribution in [2.24, 2.45) is 11.8 Å². The number of aliphatic hydroxyl groups excluding tert-OH is 1. The van der Waals surface area contributed by atoms with E-state index in [0.29, 0.717) is 17.9 Å². The summed E-state index contributed by atoms with van der Waals surface area (Å²) in [7, 11) is 0. The molecule has 4 nitrogen and oxygen atoms in total. The Balaban J connectivity index is 1.82. The standard InChI is InChI=1S/C16H31NO3/c1-13(2)15-11-14(3-8-20-15)12-17-16(4-7-18)5-9-19-10-6-16/h13-15,17-18H,3-12H2,1-2H3/t14-,15-/m1/s1. The lowest BCUT2D eigenvalue weighted by atomic mass is 9.84. The van der Waals surface area contributed by atoms with Crippen LogP contribution in [0.5, 0.6) is 0 Å². The first-order chi connectivity index (χ1) is 9.65. The van der Waals surface area contributed by atoms with Gasteiger partial charge < -0.3 is 19.9 Å². The zero-order chi connectivity index (χ0) is 14.4. The average Bonchev–Trinajstić information content (AvgIpc) is 2.47. The summed E-state index contributed by atoms with van der Waals surface area (Å²) in [6.45, 7) is 8.32. The van der Waals surface area contributed by atoms with Crippen molar-refractivity contribution in [1.82, 2.24) is 5.32 Å². The van der Waals surface area contributed by atoms with Crippen LogP contribution in [-0.2, 0) is 9.47 Å². The van der Waals surface area contributed by atoms with Crippen LogP contribution < -0.4 is 5.32 Å². The normalized spacial score (nSPS) is 30.6. The van der Waals surface area contributed by atoms with Crippen LogP contribution >= 0.6 is 0 Å². The highest BCUT2D eigenvalue weighted by Gasteiger charge is 2.33. The van der Waals surface area contributed by atoms with E-state index in [0.717, 1.165) is 58.5 Å². The number of nitrogens with one attached hydrogen (secondary N) is 1. The highest BCUT2D eigenvalue weighted by Crippen LogP contribution is 2.28. The lowest BCUT2D eigenvalue weighted by Gasteiger charge is -2.40. The van der Waals surface area contributed by atoms with Gasteiger partial charge in [0.15, 0.2) is 0 Å². The molecule has 20 heavy (non-hydrogen) atoms. The molecule has 2 heterocycles. The Morgan fingerprint density at radius 2 is 2.00 bits per heavy atom. The molecule has 2 saturated heterocycles. The molecular formula is C16H31NO3. The summed E-state index contributed by atoms with van der Waals surface area (Å²) in [5.41, 5.74) is 0.0959. The molecule has 118 valence electrons. The van der Waals surface area contributed by atoms with Gasteiger partial charge in [-0.2, -0.15) is 0 Å². The maximum atomic E-state index is 9.33. The predicted molar refractivity (Wildman–Crippen MR) is 79.8 cm³/mol. The first-order valence-electron chi connectivity index (χ1n) is 8.20. The van der Waals surface area contributed by atoms with Gasteiger partial charge in [0.05, 0.1) is 6.10 Å². The molecule has 0 amide bonds. The van der Waals surface area contributed by atoms with E-state index in [1.54, 1.807) is 0 Å². The van der Waals surface area contributed by atoms with Crippen LogP contribution in [0.2, 0.25) is 0 Å². The number of hydrogen-bond donors (Lipinski definition) is 2. The van der Waals surface area contributed by atoms with E-state index >= 15 is 0 Å². The smallest absolute Gasteiger partial charge is 0.0601 e.